The van der Waals surface area contributed by atoms with Crippen LogP contribution in [0, 0.1) is 56.2 Å². The summed E-state index contributed by atoms with van der Waals surface area (Å²) in [7, 11) is 0. The number of ketones is 2. The molecule has 0 radical (unpaired) electrons. The molecule has 6 aliphatic carbocycles. The summed E-state index contributed by atoms with van der Waals surface area (Å²) in [6.45, 7) is 16.5. The number of carbonyl (C=O) groups is 3. The summed E-state index contributed by atoms with van der Waals surface area (Å²) in [5.74, 6) is 0.405. The van der Waals surface area contributed by atoms with E-state index in [1.165, 1.54) is 5.57 Å². The Bertz CT molecular complexity index is 1390. The first-order valence-electron chi connectivity index (χ1n) is 19.0. The van der Waals surface area contributed by atoms with E-state index in [1.54, 1.807) is 0 Å². The Morgan fingerprint density at radius 1 is 0.833 bits per heavy atom. The number of esters is 1. The highest BCUT2D eigenvalue weighted by atomic mass is 16.6. The Balaban J connectivity index is 1.23. The average Bonchev–Trinajstić information content (AvgIpc) is 3.85. The van der Waals surface area contributed by atoms with Crippen molar-refractivity contribution in [3.8, 4) is 0 Å². The van der Waals surface area contributed by atoms with Crippen molar-refractivity contribution < 1.29 is 39.2 Å². The summed E-state index contributed by atoms with van der Waals surface area (Å²) in [6.07, 6.45) is 4.87. The van der Waals surface area contributed by atoms with E-state index in [0.717, 1.165) is 57.8 Å². The molecule has 0 aromatic heterocycles. The maximum atomic E-state index is 15.0. The quantitative estimate of drug-likeness (QED) is 0.250. The molecule has 268 valence electrons. The number of allylic oxidation sites excluding steroid dienone is 2. The highest BCUT2D eigenvalue weighted by Gasteiger charge is 2.70. The van der Waals surface area contributed by atoms with E-state index in [-0.39, 0.29) is 45.4 Å². The van der Waals surface area contributed by atoms with Gasteiger partial charge in [-0.05, 0) is 116 Å². The fourth-order valence-corrected chi connectivity index (χ4v) is 12.6. The van der Waals surface area contributed by atoms with Crippen LogP contribution in [0.25, 0.3) is 0 Å². The molecule has 5 saturated carbocycles. The molecule has 1 saturated heterocycles. The molecule has 48 heavy (non-hydrogen) atoms. The topological polar surface area (TPSA) is 130 Å². The van der Waals surface area contributed by atoms with E-state index >= 15 is 4.79 Å². The van der Waals surface area contributed by atoms with Gasteiger partial charge in [0.2, 0.25) is 0 Å². The van der Waals surface area contributed by atoms with Crippen LogP contribution in [0.1, 0.15) is 126 Å². The number of Topliss-reactive ketones (excluding diaryl/α,β-unsaturated/α-hetero) is 2. The minimum Gasteiger partial charge on any atom is -0.463 e. The molecule has 7 rings (SSSR count). The van der Waals surface area contributed by atoms with Gasteiger partial charge in [-0.2, -0.15) is 0 Å². The first-order valence-corrected chi connectivity index (χ1v) is 19.0. The summed E-state index contributed by atoms with van der Waals surface area (Å²) < 4.78 is 11.5. The van der Waals surface area contributed by atoms with Crippen LogP contribution in [0.5, 0.6) is 0 Å². The van der Waals surface area contributed by atoms with Crippen LogP contribution in [0.3, 0.4) is 0 Å². The van der Waals surface area contributed by atoms with Gasteiger partial charge in [0.15, 0.2) is 11.9 Å². The van der Waals surface area contributed by atoms with E-state index in [4.69, 9.17) is 9.47 Å². The van der Waals surface area contributed by atoms with Crippen LogP contribution in [-0.4, -0.2) is 70.0 Å². The van der Waals surface area contributed by atoms with E-state index < -0.39 is 41.9 Å². The van der Waals surface area contributed by atoms with Gasteiger partial charge in [-0.1, -0.05) is 60.1 Å². The van der Waals surface area contributed by atoms with Crippen molar-refractivity contribution in [2.75, 3.05) is 6.61 Å². The number of aliphatic hydroxyl groups excluding tert-OH is 3. The Morgan fingerprint density at radius 3 is 2.19 bits per heavy atom. The second-order valence-corrected chi connectivity index (χ2v) is 19.4. The largest absolute Gasteiger partial charge is 0.463 e. The first kappa shape index (κ1) is 34.8. The molecule has 0 bridgehead atoms. The van der Waals surface area contributed by atoms with Crippen LogP contribution in [-0.2, 0) is 23.9 Å². The number of aliphatic hydroxyl groups is 3. The lowest BCUT2D eigenvalue weighted by molar-refractivity contribution is -0.233. The molecule has 1 aliphatic heterocycles. The van der Waals surface area contributed by atoms with Crippen molar-refractivity contribution in [2.24, 2.45) is 56.2 Å². The molecule has 3 N–H and O–H groups in total. The maximum absolute atomic E-state index is 15.0. The zero-order valence-electron chi connectivity index (χ0n) is 30.3. The molecular weight excluding hydrogens is 608 g/mol. The van der Waals surface area contributed by atoms with Crippen LogP contribution < -0.4 is 0 Å². The Hall–Kier alpha value is -1.61. The first-order chi connectivity index (χ1) is 22.3. The lowest BCUT2D eigenvalue weighted by Crippen LogP contribution is -2.67. The maximum Gasteiger partial charge on any atom is 0.338 e. The van der Waals surface area contributed by atoms with Gasteiger partial charge in [0.05, 0.1) is 6.61 Å². The number of hydrogen-bond acceptors (Lipinski definition) is 8. The third-order valence-corrected chi connectivity index (χ3v) is 16.1. The standard InChI is InChI=1S/C40H60O8/c1-35(2)16-18-40(33(45)31-29(43)28(42)30(44)32(48-31)34(46)47-21-22-8-9-22)19-17-38(6)23(24(40)20-35)10-11-26-37(5)14-13-27(41)36(3,4)25(37)12-15-39(26,38)7/h10,22,24-26,28-32,42-44H,8-9,11-21H2,1-7H3/t24?,25?,26?,28-,29?,30+,31-,32?,37+,38-,39-,40+/m1/s1. The lowest BCUT2D eigenvalue weighted by atomic mass is 9.33. The molecule has 0 aromatic rings. The van der Waals surface area contributed by atoms with Crippen molar-refractivity contribution in [3.63, 3.8) is 0 Å². The predicted octanol–water partition coefficient (Wildman–Crippen LogP) is 5.73. The van der Waals surface area contributed by atoms with Crippen molar-refractivity contribution in [1.29, 1.82) is 0 Å². The molecule has 0 amide bonds. The highest BCUT2D eigenvalue weighted by molar-refractivity contribution is 5.91. The van der Waals surface area contributed by atoms with E-state index in [2.05, 4.69) is 54.5 Å². The van der Waals surface area contributed by atoms with Crippen molar-refractivity contribution in [3.05, 3.63) is 11.6 Å². The van der Waals surface area contributed by atoms with Gasteiger partial charge < -0.3 is 24.8 Å². The molecule has 1 heterocycles. The van der Waals surface area contributed by atoms with Crippen molar-refractivity contribution in [1.82, 2.24) is 0 Å². The molecule has 8 heteroatoms. The molecular formula is C40H60O8. The van der Waals surface area contributed by atoms with Gasteiger partial charge in [-0.3, -0.25) is 9.59 Å². The van der Waals surface area contributed by atoms with Crippen molar-refractivity contribution >= 4 is 17.5 Å². The molecule has 0 spiro atoms. The van der Waals surface area contributed by atoms with E-state index in [1.807, 2.05) is 0 Å². The average molecular weight is 669 g/mol. The number of fused-ring (bicyclic) bond motifs is 7. The van der Waals surface area contributed by atoms with Crippen LogP contribution in [0.15, 0.2) is 11.6 Å². The van der Waals surface area contributed by atoms with Gasteiger partial charge in [-0.25, -0.2) is 4.79 Å². The second-order valence-electron chi connectivity index (χ2n) is 19.4. The second kappa shape index (κ2) is 11.2. The molecule has 6 fully saturated rings. The monoisotopic (exact) mass is 668 g/mol. The third-order valence-electron chi connectivity index (χ3n) is 16.1. The normalized spacial score (nSPS) is 49.4. The van der Waals surface area contributed by atoms with Crippen molar-refractivity contribution in [2.45, 2.75) is 156 Å². The smallest absolute Gasteiger partial charge is 0.338 e. The molecule has 0 aromatic carbocycles. The van der Waals surface area contributed by atoms with E-state index in [9.17, 15) is 24.9 Å². The summed E-state index contributed by atoms with van der Waals surface area (Å²) in [6, 6.07) is 0. The Labute approximate surface area is 286 Å². The molecule has 12 atom stereocenters. The SMILES string of the molecule is CC1(C)CC[C@]2(C(=O)[C@@H]3OC(C(=O)OCC4CC4)[C@@H](O)[C@H](O)C3O)CC[C@]3(C)C(=CCC4[C@@]5(C)CCC(=O)C(C)(C)C5CC[C@]43C)C2C1. The van der Waals surface area contributed by atoms with Crippen LogP contribution >= 0.6 is 0 Å². The summed E-state index contributed by atoms with van der Waals surface area (Å²) in [5.41, 5.74) is 0.197. The van der Waals surface area contributed by atoms with Gasteiger partial charge in [0.1, 0.15) is 30.2 Å². The van der Waals surface area contributed by atoms with Gasteiger partial charge in [-0.15, -0.1) is 0 Å². The Kier molecular flexibility index (Phi) is 8.12. The number of ether oxygens (including phenoxy) is 2. The van der Waals surface area contributed by atoms with Gasteiger partial charge in [0.25, 0.3) is 0 Å². The summed E-state index contributed by atoms with van der Waals surface area (Å²) in [5, 5.41) is 33.0. The highest BCUT2D eigenvalue weighted by Crippen LogP contribution is 2.75. The minimum absolute atomic E-state index is 0.00711. The van der Waals surface area contributed by atoms with E-state index in [0.29, 0.717) is 42.8 Å². The molecule has 8 nitrogen and oxygen atoms in total. The van der Waals surface area contributed by atoms with Crippen LogP contribution in [0.2, 0.25) is 0 Å². The number of hydrogen-bond donors (Lipinski definition) is 3. The van der Waals surface area contributed by atoms with Gasteiger partial charge >= 0.3 is 5.97 Å². The number of carbonyl (C=O) groups excluding carboxylic acids is 3. The Morgan fingerprint density at radius 2 is 1.50 bits per heavy atom. The molecule has 5 unspecified atom stereocenters. The van der Waals surface area contributed by atoms with Gasteiger partial charge in [0, 0.05) is 17.3 Å². The minimum atomic E-state index is -1.70. The zero-order valence-corrected chi connectivity index (χ0v) is 30.3. The van der Waals surface area contributed by atoms with Crippen LogP contribution in [0.4, 0.5) is 0 Å². The fourth-order valence-electron chi connectivity index (χ4n) is 12.6. The number of rotatable bonds is 5. The fraction of sp³-hybridized carbons (Fsp3) is 0.875. The third kappa shape index (κ3) is 4.84. The predicted molar refractivity (Wildman–Crippen MR) is 179 cm³/mol. The lowest BCUT2D eigenvalue weighted by Gasteiger charge is -2.70. The molecule has 7 aliphatic rings. The zero-order chi connectivity index (χ0) is 34.8. The summed E-state index contributed by atoms with van der Waals surface area (Å²) in [4.78, 5) is 41.2. The summed E-state index contributed by atoms with van der Waals surface area (Å²) >= 11 is 0.